The predicted octanol–water partition coefficient (Wildman–Crippen LogP) is 4.40. The molecule has 1 aliphatic carbocycles. The highest BCUT2D eigenvalue weighted by Crippen LogP contribution is 2.40. The molecule has 1 amide bonds. The first-order valence-electron chi connectivity index (χ1n) is 8.28. The van der Waals surface area contributed by atoms with E-state index in [0.29, 0.717) is 41.8 Å². The second-order valence-corrected chi connectivity index (χ2v) is 7.27. The van der Waals surface area contributed by atoms with E-state index in [9.17, 15) is 9.59 Å². The van der Waals surface area contributed by atoms with Crippen molar-refractivity contribution >= 4 is 39.8 Å². The zero-order valence-corrected chi connectivity index (χ0v) is 15.3. The largest absolute Gasteiger partial charge is 0.462 e. The molecule has 1 atom stereocenters. The summed E-state index contributed by atoms with van der Waals surface area (Å²) >= 11 is 7.17. The van der Waals surface area contributed by atoms with Crippen molar-refractivity contribution in [1.29, 1.82) is 0 Å². The van der Waals surface area contributed by atoms with Crippen molar-refractivity contribution in [2.45, 2.75) is 52.4 Å². The van der Waals surface area contributed by atoms with Gasteiger partial charge in [-0.25, -0.2) is 4.79 Å². The van der Waals surface area contributed by atoms with Crippen LogP contribution >= 0.6 is 22.9 Å². The van der Waals surface area contributed by atoms with Crippen LogP contribution in [-0.4, -0.2) is 24.4 Å². The van der Waals surface area contributed by atoms with Crippen LogP contribution in [0, 0.1) is 5.92 Å². The van der Waals surface area contributed by atoms with Crippen LogP contribution in [0.1, 0.15) is 60.3 Å². The first-order valence-corrected chi connectivity index (χ1v) is 9.63. The Morgan fingerprint density at radius 2 is 2.17 bits per heavy atom. The normalized spacial score (nSPS) is 16.7. The second kappa shape index (κ2) is 8.69. The number of esters is 1. The van der Waals surface area contributed by atoms with Gasteiger partial charge in [0.25, 0.3) is 0 Å². The lowest BCUT2D eigenvalue weighted by atomic mass is 9.85. The standard InChI is InChI=1S/C17H24ClNO3S/c1-3-11-7-8-12-13(10-11)23-16(15(12)17(21)22-4-2)19-14(20)6-5-9-18/h11H,3-10H2,1-2H3,(H,19,20). The lowest BCUT2D eigenvalue weighted by molar-refractivity contribution is -0.116. The van der Waals surface area contributed by atoms with Gasteiger partial charge in [-0.2, -0.15) is 0 Å². The summed E-state index contributed by atoms with van der Waals surface area (Å²) in [6, 6.07) is 0. The minimum atomic E-state index is -0.326. The molecular weight excluding hydrogens is 334 g/mol. The molecule has 1 aromatic rings. The molecule has 1 N–H and O–H groups in total. The van der Waals surface area contributed by atoms with E-state index in [4.69, 9.17) is 16.3 Å². The molecule has 23 heavy (non-hydrogen) atoms. The topological polar surface area (TPSA) is 55.4 Å². The highest BCUT2D eigenvalue weighted by atomic mass is 35.5. The van der Waals surface area contributed by atoms with E-state index in [-0.39, 0.29) is 11.9 Å². The van der Waals surface area contributed by atoms with Gasteiger partial charge in [0.1, 0.15) is 5.00 Å². The van der Waals surface area contributed by atoms with Crippen LogP contribution in [0.2, 0.25) is 0 Å². The van der Waals surface area contributed by atoms with Crippen molar-refractivity contribution in [3.8, 4) is 0 Å². The molecular formula is C17H24ClNO3S. The first-order chi connectivity index (χ1) is 11.1. The number of anilines is 1. The zero-order chi connectivity index (χ0) is 16.8. The summed E-state index contributed by atoms with van der Waals surface area (Å²) in [5.41, 5.74) is 1.64. The van der Waals surface area contributed by atoms with Crippen LogP contribution in [0.15, 0.2) is 0 Å². The molecule has 0 spiro atoms. The number of carbonyl (C=O) groups excluding carboxylic acids is 2. The Morgan fingerprint density at radius 1 is 1.39 bits per heavy atom. The van der Waals surface area contributed by atoms with Crippen molar-refractivity contribution in [3.05, 3.63) is 16.0 Å². The maximum Gasteiger partial charge on any atom is 0.341 e. The third kappa shape index (κ3) is 4.48. The van der Waals surface area contributed by atoms with Crippen LogP contribution < -0.4 is 5.32 Å². The minimum Gasteiger partial charge on any atom is -0.462 e. The van der Waals surface area contributed by atoms with Crippen molar-refractivity contribution in [2.24, 2.45) is 5.92 Å². The molecule has 1 heterocycles. The van der Waals surface area contributed by atoms with E-state index >= 15 is 0 Å². The molecule has 0 aromatic carbocycles. The number of thiophene rings is 1. The van der Waals surface area contributed by atoms with Gasteiger partial charge < -0.3 is 10.1 Å². The Bertz CT molecular complexity index is 570. The van der Waals surface area contributed by atoms with E-state index in [1.54, 1.807) is 6.92 Å². The number of hydrogen-bond acceptors (Lipinski definition) is 4. The molecule has 0 fully saturated rings. The number of fused-ring (bicyclic) bond motifs is 1. The summed E-state index contributed by atoms with van der Waals surface area (Å²) < 4.78 is 5.20. The van der Waals surface area contributed by atoms with E-state index in [1.807, 2.05) is 0 Å². The molecule has 1 aromatic heterocycles. The minimum absolute atomic E-state index is 0.0955. The van der Waals surface area contributed by atoms with Crippen LogP contribution in [0.25, 0.3) is 0 Å². The maximum absolute atomic E-state index is 12.4. The van der Waals surface area contributed by atoms with Gasteiger partial charge in [0.05, 0.1) is 12.2 Å². The molecule has 1 unspecified atom stereocenters. The summed E-state index contributed by atoms with van der Waals surface area (Å²) in [4.78, 5) is 25.6. The van der Waals surface area contributed by atoms with Gasteiger partial charge in [-0.1, -0.05) is 13.3 Å². The molecule has 0 saturated heterocycles. The van der Waals surface area contributed by atoms with Gasteiger partial charge >= 0.3 is 5.97 Å². The third-order valence-corrected chi connectivity index (χ3v) is 5.65. The SMILES string of the molecule is CCOC(=O)c1c(NC(=O)CCCCl)sc2c1CCC(CC)C2. The number of ether oxygens (including phenoxy) is 1. The summed E-state index contributed by atoms with van der Waals surface area (Å²) in [7, 11) is 0. The Kier molecular flexibility index (Phi) is 6.90. The number of rotatable bonds is 7. The molecule has 4 nitrogen and oxygen atoms in total. The average Bonchev–Trinajstić information content (AvgIpc) is 2.89. The Balaban J connectivity index is 2.27. The molecule has 0 bridgehead atoms. The monoisotopic (exact) mass is 357 g/mol. The summed E-state index contributed by atoms with van der Waals surface area (Å²) in [6.07, 6.45) is 5.10. The molecule has 128 valence electrons. The number of halogens is 1. The second-order valence-electron chi connectivity index (χ2n) is 5.79. The Morgan fingerprint density at radius 3 is 2.83 bits per heavy atom. The number of carbonyl (C=O) groups is 2. The Labute approximate surface area is 146 Å². The molecule has 2 rings (SSSR count). The zero-order valence-electron chi connectivity index (χ0n) is 13.7. The van der Waals surface area contributed by atoms with Crippen LogP contribution in [0.5, 0.6) is 0 Å². The van der Waals surface area contributed by atoms with Crippen molar-refractivity contribution in [3.63, 3.8) is 0 Å². The molecule has 0 aliphatic heterocycles. The lowest BCUT2D eigenvalue weighted by Crippen LogP contribution is -2.17. The van der Waals surface area contributed by atoms with E-state index in [1.165, 1.54) is 16.2 Å². The number of alkyl halides is 1. The van der Waals surface area contributed by atoms with E-state index < -0.39 is 0 Å². The highest BCUT2D eigenvalue weighted by molar-refractivity contribution is 7.17. The van der Waals surface area contributed by atoms with Gasteiger partial charge in [0.15, 0.2) is 0 Å². The quantitative estimate of drug-likeness (QED) is 0.581. The average molecular weight is 358 g/mol. The predicted molar refractivity (Wildman–Crippen MR) is 94.7 cm³/mol. The molecule has 0 radical (unpaired) electrons. The first kappa shape index (κ1) is 18.3. The summed E-state index contributed by atoms with van der Waals surface area (Å²) in [5, 5.41) is 3.54. The van der Waals surface area contributed by atoms with Gasteiger partial charge in [-0.15, -0.1) is 22.9 Å². The molecule has 1 aliphatic rings. The number of hydrogen-bond donors (Lipinski definition) is 1. The lowest BCUT2D eigenvalue weighted by Gasteiger charge is -2.20. The van der Waals surface area contributed by atoms with Gasteiger partial charge in [-0.3, -0.25) is 4.79 Å². The van der Waals surface area contributed by atoms with Gasteiger partial charge in [0, 0.05) is 17.2 Å². The molecule has 6 heteroatoms. The number of nitrogens with one attached hydrogen (secondary N) is 1. The van der Waals surface area contributed by atoms with Crippen molar-refractivity contribution in [2.75, 3.05) is 17.8 Å². The summed E-state index contributed by atoms with van der Waals surface area (Å²) in [5.74, 6) is 0.697. The van der Waals surface area contributed by atoms with Crippen LogP contribution in [0.4, 0.5) is 5.00 Å². The summed E-state index contributed by atoms with van der Waals surface area (Å²) in [6.45, 7) is 4.33. The van der Waals surface area contributed by atoms with E-state index in [0.717, 1.165) is 31.2 Å². The van der Waals surface area contributed by atoms with Crippen molar-refractivity contribution < 1.29 is 14.3 Å². The maximum atomic E-state index is 12.4. The smallest absolute Gasteiger partial charge is 0.341 e. The van der Waals surface area contributed by atoms with Gasteiger partial charge in [-0.05, 0) is 44.1 Å². The number of amides is 1. The fraction of sp³-hybridized carbons (Fsp3) is 0.647. The Hall–Kier alpha value is -1.07. The third-order valence-electron chi connectivity index (χ3n) is 4.21. The molecule has 0 saturated carbocycles. The highest BCUT2D eigenvalue weighted by Gasteiger charge is 2.29. The van der Waals surface area contributed by atoms with Gasteiger partial charge in [0.2, 0.25) is 5.91 Å². The van der Waals surface area contributed by atoms with E-state index in [2.05, 4.69) is 12.2 Å². The van der Waals surface area contributed by atoms with Crippen LogP contribution in [0.3, 0.4) is 0 Å². The fourth-order valence-electron chi connectivity index (χ4n) is 2.93. The fourth-order valence-corrected chi connectivity index (χ4v) is 4.43. The van der Waals surface area contributed by atoms with Crippen LogP contribution in [-0.2, 0) is 22.4 Å². The van der Waals surface area contributed by atoms with Crippen molar-refractivity contribution in [1.82, 2.24) is 0 Å².